The zero-order chi connectivity index (χ0) is 18.9. The van der Waals surface area contributed by atoms with Crippen LogP contribution in [0.1, 0.15) is 38.2 Å². The second-order valence-corrected chi connectivity index (χ2v) is 7.66. The van der Waals surface area contributed by atoms with Crippen molar-refractivity contribution >= 4 is 17.8 Å². The molecule has 27 heavy (non-hydrogen) atoms. The minimum Gasteiger partial charge on any atom is -0.450 e. The normalized spacial score (nSPS) is 22.7. The number of nitrogens with one attached hydrogen (secondary N) is 2. The number of piperidine rings is 2. The van der Waals surface area contributed by atoms with Crippen LogP contribution in [0, 0.1) is 0 Å². The fourth-order valence-electron chi connectivity index (χ4n) is 4.74. The van der Waals surface area contributed by atoms with Crippen LogP contribution in [0.15, 0.2) is 24.3 Å². The lowest BCUT2D eigenvalue weighted by Gasteiger charge is -2.48. The van der Waals surface area contributed by atoms with E-state index in [1.54, 1.807) is 0 Å². The first-order valence-corrected chi connectivity index (χ1v) is 9.96. The third-order valence-corrected chi connectivity index (χ3v) is 6.20. The average molecular weight is 372 g/mol. The molecule has 0 aromatic heterocycles. The topological polar surface area (TPSA) is 73.9 Å². The number of rotatable bonds is 2. The number of carbonyl (C=O) groups excluding carboxylic acids is 2. The van der Waals surface area contributed by atoms with Gasteiger partial charge in [-0.05, 0) is 38.7 Å². The molecule has 2 fully saturated rings. The number of fused-ring (bicyclic) bond motifs is 2. The summed E-state index contributed by atoms with van der Waals surface area (Å²) in [7, 11) is 0. The number of benzene rings is 1. The number of amides is 3. The van der Waals surface area contributed by atoms with Gasteiger partial charge in [0.05, 0.1) is 12.1 Å². The monoisotopic (exact) mass is 372 g/mol. The fourth-order valence-corrected chi connectivity index (χ4v) is 4.74. The van der Waals surface area contributed by atoms with Crippen molar-refractivity contribution in [3.63, 3.8) is 0 Å². The van der Waals surface area contributed by atoms with Crippen LogP contribution in [0.4, 0.5) is 15.3 Å². The Morgan fingerprint density at radius 2 is 1.89 bits per heavy atom. The number of likely N-dealkylation sites (tertiary alicyclic amines) is 2. The highest BCUT2D eigenvalue weighted by molar-refractivity contribution is 5.93. The van der Waals surface area contributed by atoms with Crippen LogP contribution in [0.3, 0.4) is 0 Å². The maximum Gasteiger partial charge on any atom is 0.409 e. The van der Waals surface area contributed by atoms with Gasteiger partial charge in [0.2, 0.25) is 0 Å². The number of para-hydroxylation sites is 1. The second-order valence-electron chi connectivity index (χ2n) is 7.66. The smallest absolute Gasteiger partial charge is 0.409 e. The lowest BCUT2D eigenvalue weighted by molar-refractivity contribution is 0.0523. The van der Waals surface area contributed by atoms with E-state index in [9.17, 15) is 9.59 Å². The second kappa shape index (κ2) is 7.38. The first kappa shape index (κ1) is 18.1. The summed E-state index contributed by atoms with van der Waals surface area (Å²) in [6.07, 6.45) is 3.60. The van der Waals surface area contributed by atoms with Gasteiger partial charge in [0.1, 0.15) is 0 Å². The Kier molecular flexibility index (Phi) is 4.95. The van der Waals surface area contributed by atoms with Gasteiger partial charge in [-0.15, -0.1) is 0 Å². The molecule has 7 nitrogen and oxygen atoms in total. The Morgan fingerprint density at radius 1 is 1.19 bits per heavy atom. The predicted octanol–water partition coefficient (Wildman–Crippen LogP) is 2.73. The molecule has 3 amide bonds. The van der Waals surface area contributed by atoms with Gasteiger partial charge < -0.3 is 25.2 Å². The maximum absolute atomic E-state index is 12.2. The Bertz CT molecular complexity index is 707. The van der Waals surface area contributed by atoms with Gasteiger partial charge in [-0.3, -0.25) is 0 Å². The third-order valence-electron chi connectivity index (χ3n) is 6.20. The summed E-state index contributed by atoms with van der Waals surface area (Å²) < 4.78 is 5.11. The Hall–Kier alpha value is -2.28. The van der Waals surface area contributed by atoms with Gasteiger partial charge in [0.25, 0.3) is 0 Å². The summed E-state index contributed by atoms with van der Waals surface area (Å²) in [6.45, 7) is 5.70. The van der Waals surface area contributed by atoms with Crippen LogP contribution in [0.2, 0.25) is 0 Å². The van der Waals surface area contributed by atoms with Crippen LogP contribution in [-0.4, -0.2) is 60.8 Å². The minimum absolute atomic E-state index is 0.107. The molecule has 0 bridgehead atoms. The van der Waals surface area contributed by atoms with E-state index in [-0.39, 0.29) is 17.7 Å². The summed E-state index contributed by atoms with van der Waals surface area (Å²) >= 11 is 0. The van der Waals surface area contributed by atoms with E-state index in [0.29, 0.717) is 12.6 Å². The third kappa shape index (κ3) is 3.48. The Morgan fingerprint density at radius 3 is 2.59 bits per heavy atom. The van der Waals surface area contributed by atoms with Crippen LogP contribution in [0.25, 0.3) is 0 Å². The van der Waals surface area contributed by atoms with E-state index >= 15 is 0 Å². The SMILES string of the molecule is CCOC(=O)N1CCC(N2CCC3(CC2)NC(=O)Nc2ccccc23)CC1. The van der Waals surface area contributed by atoms with Crippen molar-refractivity contribution in [1.82, 2.24) is 15.1 Å². The highest BCUT2D eigenvalue weighted by atomic mass is 16.6. The highest BCUT2D eigenvalue weighted by Gasteiger charge is 2.43. The van der Waals surface area contributed by atoms with Crippen molar-refractivity contribution in [1.29, 1.82) is 0 Å². The molecule has 0 aliphatic carbocycles. The predicted molar refractivity (Wildman–Crippen MR) is 103 cm³/mol. The van der Waals surface area contributed by atoms with Crippen molar-refractivity contribution in [2.24, 2.45) is 0 Å². The Balaban J connectivity index is 1.38. The first-order chi connectivity index (χ1) is 13.1. The van der Waals surface area contributed by atoms with Crippen molar-refractivity contribution in [3.05, 3.63) is 29.8 Å². The molecular weight excluding hydrogens is 344 g/mol. The first-order valence-electron chi connectivity index (χ1n) is 9.96. The van der Waals surface area contributed by atoms with Gasteiger partial charge in [-0.2, -0.15) is 0 Å². The molecule has 1 spiro atoms. The van der Waals surface area contributed by atoms with Gasteiger partial charge in [-0.1, -0.05) is 18.2 Å². The van der Waals surface area contributed by atoms with E-state index in [1.165, 1.54) is 5.56 Å². The molecule has 4 rings (SSSR count). The van der Waals surface area contributed by atoms with E-state index in [2.05, 4.69) is 21.6 Å². The zero-order valence-corrected chi connectivity index (χ0v) is 15.9. The van der Waals surface area contributed by atoms with E-state index in [4.69, 9.17) is 4.74 Å². The number of anilines is 1. The van der Waals surface area contributed by atoms with Crippen molar-refractivity contribution in [2.75, 3.05) is 38.1 Å². The van der Waals surface area contributed by atoms with Crippen LogP contribution in [-0.2, 0) is 10.3 Å². The Labute approximate surface area is 160 Å². The molecule has 3 heterocycles. The molecule has 0 unspecified atom stereocenters. The highest BCUT2D eigenvalue weighted by Crippen LogP contribution is 2.40. The summed E-state index contributed by atoms with van der Waals surface area (Å²) in [6, 6.07) is 8.50. The average Bonchev–Trinajstić information content (AvgIpc) is 2.69. The standard InChI is InChI=1S/C20H28N4O3/c1-2-27-19(26)24-11-7-15(8-12-24)23-13-9-20(10-14-23)16-5-3-4-6-17(16)21-18(25)22-20/h3-6,15H,2,7-14H2,1H3,(H2,21,22,25). The molecule has 1 aromatic carbocycles. The molecule has 0 radical (unpaired) electrons. The number of hydrogen-bond acceptors (Lipinski definition) is 4. The van der Waals surface area contributed by atoms with Gasteiger partial charge in [-0.25, -0.2) is 9.59 Å². The number of hydrogen-bond donors (Lipinski definition) is 2. The van der Waals surface area contributed by atoms with Crippen molar-refractivity contribution in [2.45, 2.75) is 44.2 Å². The van der Waals surface area contributed by atoms with Crippen LogP contribution in [0.5, 0.6) is 0 Å². The molecule has 0 atom stereocenters. The molecular formula is C20H28N4O3. The molecule has 3 aliphatic heterocycles. The summed E-state index contributed by atoms with van der Waals surface area (Å²) in [5, 5.41) is 6.12. The fraction of sp³-hybridized carbons (Fsp3) is 0.600. The maximum atomic E-state index is 12.2. The quantitative estimate of drug-likeness (QED) is 0.837. The number of ether oxygens (including phenoxy) is 1. The number of nitrogens with zero attached hydrogens (tertiary/aromatic N) is 2. The lowest BCUT2D eigenvalue weighted by atomic mass is 9.78. The molecule has 7 heteroatoms. The largest absolute Gasteiger partial charge is 0.450 e. The van der Waals surface area contributed by atoms with Crippen LogP contribution >= 0.6 is 0 Å². The lowest BCUT2D eigenvalue weighted by Crippen LogP contribution is -2.58. The van der Waals surface area contributed by atoms with E-state index in [1.807, 2.05) is 30.0 Å². The van der Waals surface area contributed by atoms with Gasteiger partial charge in [0, 0.05) is 43.5 Å². The summed E-state index contributed by atoms with van der Waals surface area (Å²) in [4.78, 5) is 28.4. The molecule has 146 valence electrons. The summed E-state index contributed by atoms with van der Waals surface area (Å²) in [5.74, 6) is 0. The molecule has 2 saturated heterocycles. The molecule has 1 aromatic rings. The van der Waals surface area contributed by atoms with E-state index in [0.717, 1.165) is 57.5 Å². The van der Waals surface area contributed by atoms with Crippen molar-refractivity contribution < 1.29 is 14.3 Å². The van der Waals surface area contributed by atoms with Crippen LogP contribution < -0.4 is 10.6 Å². The number of carbonyl (C=O) groups is 2. The zero-order valence-electron chi connectivity index (χ0n) is 15.9. The molecule has 3 aliphatic rings. The van der Waals surface area contributed by atoms with Gasteiger partial charge >= 0.3 is 12.1 Å². The molecule has 0 saturated carbocycles. The summed E-state index contributed by atoms with van der Waals surface area (Å²) in [5.41, 5.74) is 1.86. The van der Waals surface area contributed by atoms with Crippen molar-refractivity contribution in [3.8, 4) is 0 Å². The number of urea groups is 1. The molecule has 2 N–H and O–H groups in total. The minimum atomic E-state index is -0.263. The van der Waals surface area contributed by atoms with E-state index < -0.39 is 0 Å². The van der Waals surface area contributed by atoms with Gasteiger partial charge in [0.15, 0.2) is 0 Å².